The van der Waals surface area contributed by atoms with Crippen molar-refractivity contribution in [2.45, 2.75) is 74.3 Å². The number of nitrogens with zero attached hydrogens (tertiary/aromatic N) is 2. The Kier molecular flexibility index (Phi) is 7.77. The zero-order valence-electron chi connectivity index (χ0n) is 20.4. The molecule has 0 saturated carbocycles. The summed E-state index contributed by atoms with van der Waals surface area (Å²) in [6, 6.07) is -0.616. The third-order valence-electron chi connectivity index (χ3n) is 7.69. The number of hydrogen-bond donors (Lipinski definition) is 1. The van der Waals surface area contributed by atoms with Gasteiger partial charge in [-0.1, -0.05) is 50.5 Å². The van der Waals surface area contributed by atoms with Crippen molar-refractivity contribution in [3.8, 4) is 0 Å². The third-order valence-corrected chi connectivity index (χ3v) is 9.49. The molecule has 7 nitrogen and oxygen atoms in total. The number of rotatable bonds is 9. The maximum atomic E-state index is 14.0. The summed E-state index contributed by atoms with van der Waals surface area (Å²) in [5, 5.41) is 9.08. The second-order valence-corrected chi connectivity index (χ2v) is 11.9. The topological polar surface area (TPSA) is 87.2 Å². The molecule has 1 N–H and O–H groups in total. The van der Waals surface area contributed by atoms with Gasteiger partial charge in [-0.05, 0) is 32.6 Å². The largest absolute Gasteiger partial charge is 0.465 e. The van der Waals surface area contributed by atoms with Gasteiger partial charge < -0.3 is 19.6 Å². The lowest BCUT2D eigenvalue weighted by atomic mass is 9.74. The Hall–Kier alpha value is -1.80. The van der Waals surface area contributed by atoms with Gasteiger partial charge in [0.05, 0.1) is 23.2 Å². The van der Waals surface area contributed by atoms with Gasteiger partial charge in [0.2, 0.25) is 11.8 Å². The van der Waals surface area contributed by atoms with Crippen LogP contribution in [0.5, 0.6) is 0 Å². The van der Waals surface area contributed by atoms with Crippen molar-refractivity contribution in [3.05, 3.63) is 24.3 Å². The van der Waals surface area contributed by atoms with E-state index in [1.807, 2.05) is 24.0 Å². The molecule has 2 saturated heterocycles. The van der Waals surface area contributed by atoms with Crippen LogP contribution in [0.15, 0.2) is 24.3 Å². The molecular formula is C26H38N2O5S. The average molecular weight is 491 g/mol. The first kappa shape index (κ1) is 25.3. The Morgan fingerprint density at radius 1 is 1.03 bits per heavy atom. The smallest absolute Gasteiger partial charge is 0.311 e. The van der Waals surface area contributed by atoms with Crippen molar-refractivity contribution < 1.29 is 24.2 Å². The van der Waals surface area contributed by atoms with E-state index >= 15 is 0 Å². The van der Waals surface area contributed by atoms with Gasteiger partial charge in [0, 0.05) is 31.0 Å². The highest BCUT2D eigenvalue weighted by Crippen LogP contribution is 2.65. The highest BCUT2D eigenvalue weighted by molar-refractivity contribution is 8.02. The molecule has 2 amide bonds. The summed E-state index contributed by atoms with van der Waals surface area (Å²) in [5.41, 5.74) is 0. The number of unbranched alkanes of at least 4 members (excludes halogenated alkanes) is 4. The molecule has 0 bridgehead atoms. The molecule has 4 aliphatic rings. The number of cyclic esters (lactones) is 1. The van der Waals surface area contributed by atoms with E-state index in [1.165, 1.54) is 0 Å². The number of aliphatic hydroxyl groups excluding tert-OH is 1. The fourth-order valence-electron chi connectivity index (χ4n) is 6.07. The van der Waals surface area contributed by atoms with Gasteiger partial charge in [-0.15, -0.1) is 11.8 Å². The monoisotopic (exact) mass is 490 g/mol. The average Bonchev–Trinajstić information content (AvgIpc) is 3.12. The summed E-state index contributed by atoms with van der Waals surface area (Å²) in [6.45, 7) is 6.29. The van der Waals surface area contributed by atoms with Crippen LogP contribution in [0, 0.1) is 11.8 Å². The summed E-state index contributed by atoms with van der Waals surface area (Å²) in [4.78, 5) is 44.9. The molecule has 0 aromatic carbocycles. The van der Waals surface area contributed by atoms with Gasteiger partial charge in [0.25, 0.3) is 0 Å². The molecule has 1 unspecified atom stereocenters. The van der Waals surface area contributed by atoms with Crippen LogP contribution < -0.4 is 0 Å². The van der Waals surface area contributed by atoms with Crippen LogP contribution in [0.4, 0.5) is 0 Å². The molecule has 8 heteroatoms. The van der Waals surface area contributed by atoms with Crippen molar-refractivity contribution in [1.29, 1.82) is 0 Å². The van der Waals surface area contributed by atoms with Crippen LogP contribution >= 0.6 is 11.8 Å². The predicted molar refractivity (Wildman–Crippen MR) is 132 cm³/mol. The van der Waals surface area contributed by atoms with Crippen molar-refractivity contribution in [2.24, 2.45) is 11.8 Å². The van der Waals surface area contributed by atoms with Crippen molar-refractivity contribution >= 4 is 29.5 Å². The number of hydrogen-bond acceptors (Lipinski definition) is 6. The summed E-state index contributed by atoms with van der Waals surface area (Å²) in [7, 11) is 0. The van der Waals surface area contributed by atoms with E-state index in [4.69, 9.17) is 9.84 Å². The minimum atomic E-state index is -0.784. The first-order chi connectivity index (χ1) is 16.4. The lowest BCUT2D eigenvalue weighted by molar-refractivity contribution is -0.154. The van der Waals surface area contributed by atoms with Crippen LogP contribution in [-0.2, 0) is 19.1 Å². The van der Waals surface area contributed by atoms with Gasteiger partial charge in [-0.2, -0.15) is 0 Å². The molecule has 0 aliphatic carbocycles. The van der Waals surface area contributed by atoms with Crippen LogP contribution in [0.25, 0.3) is 0 Å². The molecule has 0 radical (unpaired) electrons. The number of esters is 1. The molecule has 1 spiro atoms. The van der Waals surface area contributed by atoms with Crippen molar-refractivity contribution in [3.63, 3.8) is 0 Å². The van der Waals surface area contributed by atoms with Crippen LogP contribution in [-0.4, -0.2) is 81.1 Å². The first-order valence-electron chi connectivity index (χ1n) is 12.8. The van der Waals surface area contributed by atoms with E-state index in [-0.39, 0.29) is 24.4 Å². The van der Waals surface area contributed by atoms with E-state index in [9.17, 15) is 14.4 Å². The Morgan fingerprint density at radius 3 is 2.59 bits per heavy atom. The Morgan fingerprint density at radius 2 is 1.82 bits per heavy atom. The minimum Gasteiger partial charge on any atom is -0.465 e. The SMILES string of the molecule is CCCCN1CC=C[C@]23S[C@]4(C)C=CCCOC(=O)[C@@H]4[C@H]2C(=O)N(CCCCCCO)C3C1=O. The molecule has 0 aromatic heterocycles. The fraction of sp³-hybridized carbons (Fsp3) is 0.731. The summed E-state index contributed by atoms with van der Waals surface area (Å²) < 4.78 is 4.18. The summed E-state index contributed by atoms with van der Waals surface area (Å²) in [5.74, 6) is -1.68. The second kappa shape index (κ2) is 10.4. The van der Waals surface area contributed by atoms with Gasteiger partial charge in [0.1, 0.15) is 6.04 Å². The lowest BCUT2D eigenvalue weighted by Gasteiger charge is -2.37. The standard InChI is InChI=1S/C26H38N2O5S/c1-3-4-14-27-15-11-13-26-19(20-24(32)33-18-10-7-12-25(20,2)34-26)22(30)28(21(26)23(27)31)16-8-5-6-9-17-29/h7,11-13,19-21,29H,3-6,8-10,14-18H2,1-2H3/t19-,20-,21?,25+,26-/m0/s1. The second-order valence-electron chi connectivity index (χ2n) is 10.1. The van der Waals surface area contributed by atoms with Gasteiger partial charge >= 0.3 is 5.97 Å². The van der Waals surface area contributed by atoms with E-state index in [1.54, 1.807) is 16.7 Å². The number of amides is 2. The Balaban J connectivity index is 1.72. The molecule has 188 valence electrons. The van der Waals surface area contributed by atoms with Crippen LogP contribution in [0.1, 0.15) is 58.8 Å². The van der Waals surface area contributed by atoms with E-state index in [2.05, 4.69) is 19.1 Å². The fourth-order valence-corrected chi connectivity index (χ4v) is 8.23. The van der Waals surface area contributed by atoms with Gasteiger partial charge in [-0.25, -0.2) is 0 Å². The Labute approximate surface area is 206 Å². The van der Waals surface area contributed by atoms with Crippen LogP contribution in [0.2, 0.25) is 0 Å². The number of carbonyl (C=O) groups excluding carboxylic acids is 3. The molecule has 5 atom stereocenters. The molecule has 4 heterocycles. The molecule has 0 aromatic rings. The number of thioether (sulfide) groups is 1. The van der Waals surface area contributed by atoms with E-state index in [0.717, 1.165) is 38.5 Å². The summed E-state index contributed by atoms with van der Waals surface area (Å²) >= 11 is 1.61. The highest BCUT2D eigenvalue weighted by Gasteiger charge is 2.73. The lowest BCUT2D eigenvalue weighted by Crippen LogP contribution is -2.53. The number of carbonyl (C=O) groups is 3. The number of aliphatic hydroxyl groups is 1. The van der Waals surface area contributed by atoms with Gasteiger partial charge in [-0.3, -0.25) is 14.4 Å². The zero-order chi connectivity index (χ0) is 24.3. The number of likely N-dealkylation sites (tertiary alicyclic amines) is 1. The predicted octanol–water partition coefficient (Wildman–Crippen LogP) is 2.93. The quantitative estimate of drug-likeness (QED) is 0.304. The first-order valence-corrected chi connectivity index (χ1v) is 13.6. The highest BCUT2D eigenvalue weighted by atomic mass is 32.2. The van der Waals surface area contributed by atoms with Crippen LogP contribution in [0.3, 0.4) is 0 Å². The molecular weight excluding hydrogens is 452 g/mol. The van der Waals surface area contributed by atoms with Crippen molar-refractivity contribution in [2.75, 3.05) is 32.8 Å². The van der Waals surface area contributed by atoms with E-state index < -0.39 is 27.4 Å². The maximum Gasteiger partial charge on any atom is 0.311 e. The maximum absolute atomic E-state index is 14.0. The molecule has 4 aliphatic heterocycles. The molecule has 34 heavy (non-hydrogen) atoms. The Bertz CT molecular complexity index is 860. The number of ether oxygens (including phenoxy) is 1. The molecule has 2 fully saturated rings. The minimum absolute atomic E-state index is 0.00706. The third kappa shape index (κ3) is 4.32. The molecule has 4 rings (SSSR count). The van der Waals surface area contributed by atoms with Crippen molar-refractivity contribution in [1.82, 2.24) is 9.80 Å². The number of fused-ring (bicyclic) bond motifs is 2. The summed E-state index contributed by atoms with van der Waals surface area (Å²) in [6.07, 6.45) is 14.1. The zero-order valence-corrected chi connectivity index (χ0v) is 21.2. The normalized spacial score (nSPS) is 34.9. The van der Waals surface area contributed by atoms with E-state index in [0.29, 0.717) is 32.7 Å². The van der Waals surface area contributed by atoms with Gasteiger partial charge in [0.15, 0.2) is 0 Å².